The van der Waals surface area contributed by atoms with E-state index in [1.54, 1.807) is 41.5 Å². The Kier molecular flexibility index (Phi) is 24.3. The van der Waals surface area contributed by atoms with Gasteiger partial charge in [-0.2, -0.15) is 0 Å². The first kappa shape index (κ1) is 62.5. The predicted molar refractivity (Wildman–Crippen MR) is 308 cm³/mol. The summed E-state index contributed by atoms with van der Waals surface area (Å²) in [4.78, 5) is 58.8. The van der Waals surface area contributed by atoms with Gasteiger partial charge in [-0.15, -0.1) is 0 Å². The molecular weight excluding hydrogens is 1210 g/mol. The molecule has 0 aliphatic heterocycles. The fourth-order valence-electron chi connectivity index (χ4n) is 6.54. The maximum atomic E-state index is 11.2. The van der Waals surface area contributed by atoms with Gasteiger partial charge < -0.3 is 21.8 Å². The van der Waals surface area contributed by atoms with E-state index in [-0.39, 0.29) is 37.3 Å². The number of H-pyrrole nitrogens is 1. The molecule has 6 heterocycles. The number of nitrogens with two attached hydrogens (primary N) is 2. The number of aryl methyl sites for hydroxylation is 7. The molecule has 1 aromatic carbocycles. The molecule has 0 aliphatic carbocycles. The van der Waals surface area contributed by atoms with E-state index >= 15 is 0 Å². The van der Waals surface area contributed by atoms with E-state index in [4.69, 9.17) is 46.3 Å². The van der Waals surface area contributed by atoms with Crippen molar-refractivity contribution in [2.24, 2.45) is 0 Å². The van der Waals surface area contributed by atoms with E-state index in [1.165, 1.54) is 11.1 Å². The molecule has 0 fully saturated rings. The molecule has 0 unspecified atom stereocenters. The number of benzene rings is 1. The third kappa shape index (κ3) is 15.9. The second-order valence-corrected chi connectivity index (χ2v) is 17.4. The Labute approximate surface area is 456 Å². The molecule has 386 valence electrons. The van der Waals surface area contributed by atoms with Crippen molar-refractivity contribution < 1.29 is 14.8 Å². The second kappa shape index (κ2) is 28.0. The van der Waals surface area contributed by atoms with Gasteiger partial charge in [-0.1, -0.05) is 65.1 Å². The van der Waals surface area contributed by atoms with E-state index in [1.807, 2.05) is 78.8 Å². The lowest BCUT2D eigenvalue weighted by atomic mass is 10.1. The number of aromatic amines is 1. The number of rotatable bonds is 6. The molecule has 0 bridgehead atoms. The van der Waals surface area contributed by atoms with Gasteiger partial charge in [0.05, 0.1) is 26.0 Å². The number of nitrogen functional groups attached to an aromatic ring is 2. The van der Waals surface area contributed by atoms with Crippen LogP contribution in [0.1, 0.15) is 89.9 Å². The maximum absolute atomic E-state index is 11.2. The lowest BCUT2D eigenvalue weighted by Crippen LogP contribution is -2.08. The molecule has 6 aromatic heterocycles. The first-order valence-electron chi connectivity index (χ1n) is 21.6. The van der Waals surface area contributed by atoms with Gasteiger partial charge in [-0.05, 0) is 148 Å². The summed E-state index contributed by atoms with van der Waals surface area (Å²) in [5.74, 6) is 1.70. The van der Waals surface area contributed by atoms with Crippen LogP contribution in [0.15, 0.2) is 30.3 Å². The number of anilines is 3. The Morgan fingerprint density at radius 2 is 0.944 bits per heavy atom. The third-order valence-corrected chi connectivity index (χ3v) is 12.9. The molecule has 0 aliphatic rings. The molecule has 0 saturated carbocycles. The molecule has 0 spiro atoms. The monoisotopic (exact) mass is 1270 g/mol. The Bertz CT molecular complexity index is 3020. The summed E-state index contributed by atoms with van der Waals surface area (Å²) < 4.78 is 0. The van der Waals surface area contributed by atoms with Crippen LogP contribution in [0.25, 0.3) is 11.2 Å². The van der Waals surface area contributed by atoms with E-state index in [9.17, 15) is 30.3 Å². The van der Waals surface area contributed by atoms with Crippen LogP contribution < -0.4 is 16.8 Å². The van der Waals surface area contributed by atoms with E-state index in [2.05, 4.69) is 91.3 Å². The number of hydrogen-bond donors (Lipinski definition) is 4. The van der Waals surface area contributed by atoms with Gasteiger partial charge in [0, 0.05) is 83.4 Å². The van der Waals surface area contributed by atoms with Crippen LogP contribution in [0.2, 0.25) is 15.3 Å². The van der Waals surface area contributed by atoms with Gasteiger partial charge >= 0.3 is 17.1 Å². The Balaban J connectivity index is 0.000000311. The zero-order chi connectivity index (χ0) is 55.2. The van der Waals surface area contributed by atoms with Crippen molar-refractivity contribution in [3.05, 3.63) is 166 Å². The van der Waals surface area contributed by atoms with Gasteiger partial charge in [0.15, 0.2) is 5.65 Å². The van der Waals surface area contributed by atoms with Crippen LogP contribution >= 0.6 is 72.0 Å². The lowest BCUT2D eigenvalue weighted by Gasteiger charge is -2.11. The van der Waals surface area contributed by atoms with Crippen LogP contribution in [-0.2, 0) is 6.54 Å². The number of aromatic nitrogens is 7. The van der Waals surface area contributed by atoms with Crippen molar-refractivity contribution in [2.45, 2.75) is 110 Å². The summed E-state index contributed by atoms with van der Waals surface area (Å²) in [7, 11) is 0. The Morgan fingerprint density at radius 1 is 0.528 bits per heavy atom. The van der Waals surface area contributed by atoms with Crippen molar-refractivity contribution in [2.75, 3.05) is 16.8 Å². The van der Waals surface area contributed by atoms with Crippen molar-refractivity contribution >= 4 is 118 Å². The summed E-state index contributed by atoms with van der Waals surface area (Å²) in [6.45, 7) is 28.6. The SMILES string of the molecule is Cc1nc(Cl)c([N+](=O)[O-])c(C)c1C.Cc1nc(Cl)c([N+](=O)[O-])c(Cl)c1C.Cc1nc(N)c(N)c(C)c1C.Cc1nc(NCc2ccccc2)c([N+](=O)[O-])c(C)c1C.Cc1nc2nc(C)c(C)c(C)c2[nH]1.II. The highest BCUT2D eigenvalue weighted by atomic mass is 128. The minimum Gasteiger partial charge on any atom is -0.396 e. The zero-order valence-electron chi connectivity index (χ0n) is 42.6. The molecule has 0 atom stereocenters. The topological polar surface area (TPSA) is 287 Å². The average Bonchev–Trinajstić information content (AvgIpc) is 3.70. The number of nitro groups is 3. The highest BCUT2D eigenvalue weighted by molar-refractivity contribution is 15.0. The number of hydrogen-bond acceptors (Lipinski definition) is 15. The standard InChI is InChI=1S/C15H17N3O2.C10H13N3.C8H9ClN2O2.C8H13N3.C7H6Cl2N2O2.I2/c1-10-11(2)14(18(19)20)15(17-12(10)3)16-9-13-7-5-4-6-8-13;1-5-6(2)9-10(11-7(5)3)13-8(4)12-9;1-4-5(2)7(11(12)13)8(9)10-6(4)3;1-4-5(2)7(9)8(10)11-6(4)3;1-3-4(2)10-7(9)6(5(3)8)11(12)13;1-2/h4-8H,9H2,1-3H3,(H,16,17);1-4H3,(H,11,12,13);1-3H3;9H2,1-3H3,(H2,10,11);1-2H3;. The molecule has 72 heavy (non-hydrogen) atoms. The minimum absolute atomic E-state index is 0.0365. The first-order chi connectivity index (χ1) is 33.5. The smallest absolute Gasteiger partial charge is 0.325 e. The van der Waals surface area contributed by atoms with Crippen LogP contribution in [0.5, 0.6) is 0 Å². The van der Waals surface area contributed by atoms with Crippen LogP contribution in [0.4, 0.5) is 34.4 Å². The van der Waals surface area contributed by atoms with Gasteiger partial charge in [-0.3, -0.25) is 30.3 Å². The average molecular weight is 1270 g/mol. The fraction of sp³-hybridized carbons (Fsp3) is 0.333. The number of nitrogens with one attached hydrogen (secondary N) is 2. The van der Waals surface area contributed by atoms with Crippen LogP contribution in [0, 0.1) is 134 Å². The summed E-state index contributed by atoms with van der Waals surface area (Å²) in [5.41, 5.74) is 26.7. The molecule has 7 aromatic rings. The molecule has 6 N–H and O–H groups in total. The number of pyridine rings is 5. The van der Waals surface area contributed by atoms with Crippen molar-refractivity contribution in [1.82, 2.24) is 34.9 Å². The third-order valence-electron chi connectivity index (χ3n) is 11.9. The molecular formula is C48H58Cl3I2N13O6. The first-order valence-corrected chi connectivity index (χ1v) is 29.0. The van der Waals surface area contributed by atoms with Gasteiger partial charge in [0.2, 0.25) is 16.1 Å². The van der Waals surface area contributed by atoms with Gasteiger partial charge in [-0.25, -0.2) is 29.9 Å². The summed E-state index contributed by atoms with van der Waals surface area (Å²) in [6.07, 6.45) is 0. The number of fused-ring (bicyclic) bond motifs is 1. The van der Waals surface area contributed by atoms with Crippen molar-refractivity contribution in [3.63, 3.8) is 0 Å². The number of halogens is 5. The number of nitrogens with zero attached hydrogens (tertiary/aromatic N) is 9. The minimum atomic E-state index is -0.635. The van der Waals surface area contributed by atoms with E-state index in [0.717, 1.165) is 67.6 Å². The van der Waals surface area contributed by atoms with Gasteiger partial charge in [0.1, 0.15) is 16.7 Å². The summed E-state index contributed by atoms with van der Waals surface area (Å²) in [6, 6.07) is 9.73. The van der Waals surface area contributed by atoms with Crippen molar-refractivity contribution in [3.8, 4) is 0 Å². The quantitative estimate of drug-likeness (QED) is 0.0521. The Morgan fingerprint density at radius 3 is 1.46 bits per heavy atom. The molecule has 0 amide bonds. The molecule has 19 nitrogen and oxygen atoms in total. The van der Waals surface area contributed by atoms with Gasteiger partial charge in [0.25, 0.3) is 0 Å². The summed E-state index contributed by atoms with van der Waals surface area (Å²) in [5, 5.41) is 35.3. The maximum Gasteiger partial charge on any atom is 0.325 e. The Hall–Kier alpha value is -5.63. The molecule has 24 heteroatoms. The molecule has 7 rings (SSSR count). The highest BCUT2D eigenvalue weighted by Gasteiger charge is 2.24. The highest BCUT2D eigenvalue weighted by Crippen LogP contribution is 2.35. The molecule has 0 radical (unpaired) electrons. The van der Waals surface area contributed by atoms with Crippen LogP contribution in [0.3, 0.4) is 0 Å². The molecule has 0 saturated heterocycles. The zero-order valence-corrected chi connectivity index (χ0v) is 49.2. The predicted octanol–water partition coefficient (Wildman–Crippen LogP) is 14.1. The van der Waals surface area contributed by atoms with Crippen molar-refractivity contribution in [1.29, 1.82) is 0 Å². The lowest BCUT2D eigenvalue weighted by molar-refractivity contribution is -0.385. The largest absolute Gasteiger partial charge is 0.396 e. The normalized spacial score (nSPS) is 10.2. The summed E-state index contributed by atoms with van der Waals surface area (Å²) >= 11 is 21.2. The fourth-order valence-corrected chi connectivity index (χ4v) is 7.51. The van der Waals surface area contributed by atoms with E-state index < -0.39 is 9.85 Å². The van der Waals surface area contributed by atoms with E-state index in [0.29, 0.717) is 46.3 Å². The number of imidazole rings is 1. The van der Waals surface area contributed by atoms with Crippen LogP contribution in [-0.4, -0.2) is 49.7 Å². The second-order valence-electron chi connectivity index (χ2n) is 16.3.